The third-order valence-electron chi connectivity index (χ3n) is 5.27. The number of nitrogens with zero attached hydrogens (tertiary/aromatic N) is 2. The van der Waals surface area contributed by atoms with Crippen LogP contribution in [0.5, 0.6) is 5.75 Å². The number of ether oxygens (including phenoxy) is 1. The molecular weight excluding hydrogens is 432 g/mol. The number of Topliss-reactive ketones (excluding diaryl/α,β-unsaturated/α-hetero) is 1. The van der Waals surface area contributed by atoms with Gasteiger partial charge < -0.3 is 9.64 Å². The highest BCUT2D eigenvalue weighted by molar-refractivity contribution is 9.10. The molecule has 1 aliphatic rings. The lowest BCUT2D eigenvalue weighted by molar-refractivity contribution is -0.133. The molecule has 5 nitrogen and oxygen atoms in total. The first-order valence-electron chi connectivity index (χ1n) is 9.97. The molecule has 2 aromatic carbocycles. The van der Waals surface area contributed by atoms with Gasteiger partial charge in [0.25, 0.3) is 0 Å². The number of piperazine rings is 1. The molecule has 3 rings (SSSR count). The number of ketones is 1. The van der Waals surface area contributed by atoms with Crippen LogP contribution in [-0.4, -0.2) is 54.8 Å². The molecule has 1 fully saturated rings. The lowest BCUT2D eigenvalue weighted by Crippen LogP contribution is -2.48. The normalized spacial score (nSPS) is 14.6. The Balaban J connectivity index is 1.39. The second kappa shape index (κ2) is 10.6. The van der Waals surface area contributed by atoms with Gasteiger partial charge in [0, 0.05) is 61.2 Å². The molecular formula is C23H27BrN2O3. The molecule has 1 amide bonds. The zero-order chi connectivity index (χ0) is 20.6. The molecule has 0 radical (unpaired) electrons. The van der Waals surface area contributed by atoms with Crippen LogP contribution < -0.4 is 4.74 Å². The van der Waals surface area contributed by atoms with E-state index >= 15 is 0 Å². The van der Waals surface area contributed by atoms with E-state index in [-0.39, 0.29) is 11.7 Å². The molecule has 1 heterocycles. The van der Waals surface area contributed by atoms with Crippen molar-refractivity contribution in [3.63, 3.8) is 0 Å². The van der Waals surface area contributed by atoms with E-state index < -0.39 is 0 Å². The minimum Gasteiger partial charge on any atom is -0.496 e. The number of rotatable bonds is 8. The summed E-state index contributed by atoms with van der Waals surface area (Å²) in [5.41, 5.74) is 1.87. The van der Waals surface area contributed by atoms with Crippen LogP contribution in [0.2, 0.25) is 0 Å². The van der Waals surface area contributed by atoms with Crippen molar-refractivity contribution < 1.29 is 14.3 Å². The van der Waals surface area contributed by atoms with Gasteiger partial charge in [0.15, 0.2) is 5.78 Å². The Morgan fingerprint density at radius 1 is 0.966 bits per heavy atom. The SMILES string of the molecule is COc1ccccc1CN1CCN(C(=O)CCCC(=O)c2ccc(Br)cc2)CC1. The number of benzene rings is 2. The molecule has 1 saturated heterocycles. The van der Waals surface area contributed by atoms with Crippen LogP contribution in [0.3, 0.4) is 0 Å². The Morgan fingerprint density at radius 3 is 2.34 bits per heavy atom. The summed E-state index contributed by atoms with van der Waals surface area (Å²) in [5, 5.41) is 0. The molecule has 0 unspecified atom stereocenters. The Hall–Kier alpha value is -2.18. The van der Waals surface area contributed by atoms with Crippen molar-refractivity contribution in [3.05, 3.63) is 64.1 Å². The maximum absolute atomic E-state index is 12.5. The molecule has 0 aliphatic carbocycles. The van der Waals surface area contributed by atoms with Crippen molar-refractivity contribution >= 4 is 27.6 Å². The predicted molar refractivity (Wildman–Crippen MR) is 117 cm³/mol. The highest BCUT2D eigenvalue weighted by Crippen LogP contribution is 2.20. The Morgan fingerprint density at radius 2 is 1.66 bits per heavy atom. The van der Waals surface area contributed by atoms with Crippen LogP contribution in [-0.2, 0) is 11.3 Å². The molecule has 0 aromatic heterocycles. The molecule has 2 aromatic rings. The van der Waals surface area contributed by atoms with Crippen LogP contribution in [0, 0.1) is 0 Å². The third kappa shape index (κ3) is 6.15. The van der Waals surface area contributed by atoms with Gasteiger partial charge in [-0.05, 0) is 24.6 Å². The second-order valence-corrected chi connectivity index (χ2v) is 8.17. The largest absolute Gasteiger partial charge is 0.496 e. The van der Waals surface area contributed by atoms with E-state index in [9.17, 15) is 9.59 Å². The highest BCUT2D eigenvalue weighted by atomic mass is 79.9. The maximum Gasteiger partial charge on any atom is 0.222 e. The standard InChI is InChI=1S/C23H27BrN2O3/c1-29-22-7-3-2-5-19(22)17-25-13-15-26(16-14-25)23(28)8-4-6-21(27)18-9-11-20(24)12-10-18/h2-3,5,7,9-12H,4,6,8,13-17H2,1H3. The summed E-state index contributed by atoms with van der Waals surface area (Å²) >= 11 is 3.37. The zero-order valence-corrected chi connectivity index (χ0v) is 18.4. The van der Waals surface area contributed by atoms with E-state index in [1.807, 2.05) is 47.4 Å². The number of carbonyl (C=O) groups is 2. The van der Waals surface area contributed by atoms with E-state index in [1.165, 1.54) is 5.56 Å². The van der Waals surface area contributed by atoms with E-state index in [0.29, 0.717) is 24.8 Å². The fourth-order valence-electron chi connectivity index (χ4n) is 3.57. The highest BCUT2D eigenvalue weighted by Gasteiger charge is 2.21. The zero-order valence-electron chi connectivity index (χ0n) is 16.8. The van der Waals surface area contributed by atoms with Crippen molar-refractivity contribution in [1.29, 1.82) is 0 Å². The summed E-state index contributed by atoms with van der Waals surface area (Å²) in [5.74, 6) is 1.14. The molecule has 0 spiro atoms. The monoisotopic (exact) mass is 458 g/mol. The Bertz CT molecular complexity index is 830. The van der Waals surface area contributed by atoms with Crippen LogP contribution >= 0.6 is 15.9 Å². The van der Waals surface area contributed by atoms with Gasteiger partial charge in [0.05, 0.1) is 7.11 Å². The van der Waals surface area contributed by atoms with E-state index in [2.05, 4.69) is 26.9 Å². The summed E-state index contributed by atoms with van der Waals surface area (Å²) in [6, 6.07) is 15.4. The Kier molecular flexibility index (Phi) is 7.83. The van der Waals surface area contributed by atoms with Gasteiger partial charge in [-0.1, -0.05) is 46.3 Å². The number of carbonyl (C=O) groups excluding carboxylic acids is 2. The van der Waals surface area contributed by atoms with E-state index in [1.54, 1.807) is 7.11 Å². The number of methoxy groups -OCH3 is 1. The fourth-order valence-corrected chi connectivity index (χ4v) is 3.83. The summed E-state index contributed by atoms with van der Waals surface area (Å²) < 4.78 is 6.38. The molecule has 0 bridgehead atoms. The predicted octanol–water partition coefficient (Wildman–Crippen LogP) is 4.16. The number of para-hydroxylation sites is 1. The Labute approximate surface area is 180 Å². The van der Waals surface area contributed by atoms with Crippen LogP contribution in [0.1, 0.15) is 35.2 Å². The number of halogens is 1. The first-order chi connectivity index (χ1) is 14.1. The van der Waals surface area contributed by atoms with Gasteiger partial charge in [0.2, 0.25) is 5.91 Å². The van der Waals surface area contributed by atoms with Crippen molar-refractivity contribution in [2.75, 3.05) is 33.3 Å². The number of hydrogen-bond donors (Lipinski definition) is 0. The minimum absolute atomic E-state index is 0.0897. The van der Waals surface area contributed by atoms with E-state index in [4.69, 9.17) is 4.74 Å². The van der Waals surface area contributed by atoms with Gasteiger partial charge in [-0.15, -0.1) is 0 Å². The lowest BCUT2D eigenvalue weighted by Gasteiger charge is -2.35. The number of hydrogen-bond acceptors (Lipinski definition) is 4. The summed E-state index contributed by atoms with van der Waals surface area (Å²) in [6.45, 7) is 3.99. The fraction of sp³-hybridized carbons (Fsp3) is 0.391. The lowest BCUT2D eigenvalue weighted by atomic mass is 10.1. The average molecular weight is 459 g/mol. The van der Waals surface area contributed by atoms with Crippen LogP contribution in [0.4, 0.5) is 0 Å². The molecule has 6 heteroatoms. The van der Waals surface area contributed by atoms with Crippen LogP contribution in [0.15, 0.2) is 53.0 Å². The molecule has 0 N–H and O–H groups in total. The van der Waals surface area contributed by atoms with Crippen molar-refractivity contribution in [3.8, 4) is 5.75 Å². The molecule has 0 saturated carbocycles. The van der Waals surface area contributed by atoms with Gasteiger partial charge in [-0.25, -0.2) is 0 Å². The first kappa shape index (κ1) is 21.5. The second-order valence-electron chi connectivity index (χ2n) is 7.25. The van der Waals surface area contributed by atoms with Gasteiger partial charge in [-0.2, -0.15) is 0 Å². The first-order valence-corrected chi connectivity index (χ1v) is 10.8. The summed E-state index contributed by atoms with van der Waals surface area (Å²) in [4.78, 5) is 29.0. The summed E-state index contributed by atoms with van der Waals surface area (Å²) in [6.07, 6.45) is 1.42. The number of amides is 1. The molecule has 154 valence electrons. The van der Waals surface area contributed by atoms with Gasteiger partial charge in [0.1, 0.15) is 5.75 Å². The van der Waals surface area contributed by atoms with Crippen molar-refractivity contribution in [2.24, 2.45) is 0 Å². The van der Waals surface area contributed by atoms with Crippen LogP contribution in [0.25, 0.3) is 0 Å². The van der Waals surface area contributed by atoms with E-state index in [0.717, 1.165) is 42.9 Å². The smallest absolute Gasteiger partial charge is 0.222 e. The minimum atomic E-state index is 0.0897. The van der Waals surface area contributed by atoms with Gasteiger partial charge >= 0.3 is 0 Å². The molecule has 0 atom stereocenters. The third-order valence-corrected chi connectivity index (χ3v) is 5.80. The van der Waals surface area contributed by atoms with Crippen molar-refractivity contribution in [1.82, 2.24) is 9.80 Å². The molecule has 29 heavy (non-hydrogen) atoms. The maximum atomic E-state index is 12.5. The molecule has 1 aliphatic heterocycles. The van der Waals surface area contributed by atoms with Gasteiger partial charge in [-0.3, -0.25) is 14.5 Å². The average Bonchev–Trinajstić information content (AvgIpc) is 2.75. The van der Waals surface area contributed by atoms with Crippen molar-refractivity contribution in [2.45, 2.75) is 25.8 Å². The quantitative estimate of drug-likeness (QED) is 0.557. The topological polar surface area (TPSA) is 49.9 Å². The summed E-state index contributed by atoms with van der Waals surface area (Å²) in [7, 11) is 1.69.